The zero-order valence-corrected chi connectivity index (χ0v) is 7.66. The average Bonchev–Trinajstić information content (AvgIpc) is 2.15. The third-order valence-corrected chi connectivity index (χ3v) is 1.76. The lowest BCUT2D eigenvalue weighted by molar-refractivity contribution is -0.116. The summed E-state index contributed by atoms with van der Waals surface area (Å²) in [5.41, 5.74) is 1.52. The monoisotopic (exact) mass is 179 g/mol. The fourth-order valence-electron chi connectivity index (χ4n) is 1.06. The van der Waals surface area contributed by atoms with E-state index >= 15 is 0 Å². The minimum Gasteiger partial charge on any atom is -0.390 e. The van der Waals surface area contributed by atoms with E-state index in [1.807, 2.05) is 12.1 Å². The maximum Gasteiger partial charge on any atom is 0.130 e. The summed E-state index contributed by atoms with van der Waals surface area (Å²) in [6.07, 6.45) is 1.17. The first kappa shape index (κ1) is 9.86. The maximum absolute atomic E-state index is 10.7. The van der Waals surface area contributed by atoms with E-state index in [9.17, 15) is 4.79 Å². The van der Waals surface area contributed by atoms with Gasteiger partial charge in [-0.1, -0.05) is 6.07 Å². The van der Waals surface area contributed by atoms with E-state index in [2.05, 4.69) is 4.98 Å². The van der Waals surface area contributed by atoms with Crippen molar-refractivity contribution in [3.63, 3.8) is 0 Å². The van der Waals surface area contributed by atoms with Gasteiger partial charge in [-0.3, -0.25) is 4.98 Å². The number of Topliss-reactive ketones (excluding diaryl/α,β-unsaturated/α-hetero) is 1. The van der Waals surface area contributed by atoms with Crippen LogP contribution >= 0.6 is 0 Å². The summed E-state index contributed by atoms with van der Waals surface area (Å²) < 4.78 is 0. The zero-order valence-electron chi connectivity index (χ0n) is 7.66. The van der Waals surface area contributed by atoms with Gasteiger partial charge in [-0.25, -0.2) is 0 Å². The van der Waals surface area contributed by atoms with E-state index in [4.69, 9.17) is 5.11 Å². The highest BCUT2D eigenvalue weighted by molar-refractivity contribution is 5.75. The van der Waals surface area contributed by atoms with E-state index in [1.54, 1.807) is 13.0 Å². The van der Waals surface area contributed by atoms with Crippen molar-refractivity contribution in [3.05, 3.63) is 29.6 Å². The van der Waals surface area contributed by atoms with Gasteiger partial charge in [-0.05, 0) is 25.5 Å². The molecule has 0 aliphatic rings. The summed E-state index contributed by atoms with van der Waals surface area (Å²) in [6.45, 7) is 1.52. The van der Waals surface area contributed by atoms with Gasteiger partial charge in [0.15, 0.2) is 0 Å². The van der Waals surface area contributed by atoms with Crippen LogP contribution in [0, 0.1) is 0 Å². The summed E-state index contributed by atoms with van der Waals surface area (Å²) >= 11 is 0. The van der Waals surface area contributed by atoms with Crippen LogP contribution in [-0.2, 0) is 17.8 Å². The van der Waals surface area contributed by atoms with Gasteiger partial charge >= 0.3 is 0 Å². The number of aromatic nitrogens is 1. The van der Waals surface area contributed by atoms with Crippen molar-refractivity contribution < 1.29 is 9.90 Å². The van der Waals surface area contributed by atoms with E-state index in [0.717, 1.165) is 5.69 Å². The highest BCUT2D eigenvalue weighted by Gasteiger charge is 1.98. The molecule has 1 N–H and O–H groups in total. The van der Waals surface area contributed by atoms with E-state index in [-0.39, 0.29) is 12.4 Å². The van der Waals surface area contributed by atoms with E-state index in [1.165, 1.54) is 0 Å². The summed E-state index contributed by atoms with van der Waals surface area (Å²) in [5.74, 6) is 0.163. The molecule has 0 unspecified atom stereocenters. The number of ketones is 1. The second-order valence-corrected chi connectivity index (χ2v) is 2.98. The number of nitrogens with zero attached hydrogens (tertiary/aromatic N) is 1. The molecule has 0 aliphatic heterocycles. The molecular formula is C10H13NO2. The number of aliphatic hydroxyl groups excluding tert-OH is 1. The molecule has 0 aromatic carbocycles. The number of aryl methyl sites for hydroxylation is 1. The average molecular weight is 179 g/mol. The SMILES string of the molecule is CC(=O)CCc1cccc(CO)n1. The first-order valence-corrected chi connectivity index (χ1v) is 4.27. The molecule has 70 valence electrons. The summed E-state index contributed by atoms with van der Waals surface area (Å²) in [6, 6.07) is 5.47. The summed E-state index contributed by atoms with van der Waals surface area (Å²) in [7, 11) is 0. The Labute approximate surface area is 77.4 Å². The predicted molar refractivity (Wildman–Crippen MR) is 49.2 cm³/mol. The molecule has 0 spiro atoms. The smallest absolute Gasteiger partial charge is 0.130 e. The number of aliphatic hydroxyl groups is 1. The third kappa shape index (κ3) is 3.34. The maximum atomic E-state index is 10.7. The van der Waals surface area contributed by atoms with E-state index < -0.39 is 0 Å². The van der Waals surface area contributed by atoms with Crippen LogP contribution in [0.25, 0.3) is 0 Å². The Kier molecular flexibility index (Phi) is 3.58. The topological polar surface area (TPSA) is 50.2 Å². The Morgan fingerprint density at radius 3 is 2.77 bits per heavy atom. The van der Waals surface area contributed by atoms with Gasteiger partial charge in [0.25, 0.3) is 0 Å². The molecule has 1 aromatic rings. The summed E-state index contributed by atoms with van der Waals surface area (Å²) in [4.78, 5) is 14.9. The Morgan fingerprint density at radius 1 is 1.46 bits per heavy atom. The van der Waals surface area contributed by atoms with Gasteiger partial charge in [0.2, 0.25) is 0 Å². The highest BCUT2D eigenvalue weighted by Crippen LogP contribution is 2.02. The van der Waals surface area contributed by atoms with Crippen molar-refractivity contribution in [1.82, 2.24) is 4.98 Å². The summed E-state index contributed by atoms with van der Waals surface area (Å²) in [5, 5.41) is 8.81. The lowest BCUT2D eigenvalue weighted by Gasteiger charge is -2.00. The van der Waals surface area contributed by atoms with Crippen LogP contribution in [0.2, 0.25) is 0 Å². The van der Waals surface area contributed by atoms with Crippen LogP contribution in [0.5, 0.6) is 0 Å². The lowest BCUT2D eigenvalue weighted by atomic mass is 10.1. The van der Waals surface area contributed by atoms with Crippen LogP contribution < -0.4 is 0 Å². The van der Waals surface area contributed by atoms with E-state index in [0.29, 0.717) is 18.5 Å². The first-order valence-electron chi connectivity index (χ1n) is 4.27. The Hall–Kier alpha value is -1.22. The third-order valence-electron chi connectivity index (χ3n) is 1.76. The minimum absolute atomic E-state index is 0.0477. The normalized spacial score (nSPS) is 10.0. The van der Waals surface area contributed by atoms with Crippen LogP contribution in [0.15, 0.2) is 18.2 Å². The van der Waals surface area contributed by atoms with Gasteiger partial charge in [-0.15, -0.1) is 0 Å². The molecule has 1 rings (SSSR count). The Balaban J connectivity index is 2.61. The van der Waals surface area contributed by atoms with Gasteiger partial charge in [-0.2, -0.15) is 0 Å². The van der Waals surface area contributed by atoms with Gasteiger partial charge in [0.1, 0.15) is 5.78 Å². The number of hydrogen-bond donors (Lipinski definition) is 1. The first-order chi connectivity index (χ1) is 6.22. The molecule has 0 saturated heterocycles. The van der Waals surface area contributed by atoms with Crippen LogP contribution in [0.1, 0.15) is 24.7 Å². The van der Waals surface area contributed by atoms with Crippen LogP contribution in [-0.4, -0.2) is 15.9 Å². The van der Waals surface area contributed by atoms with Crippen molar-refractivity contribution in [2.75, 3.05) is 0 Å². The molecule has 0 aliphatic carbocycles. The predicted octanol–water partition coefficient (Wildman–Crippen LogP) is 1.10. The number of carbonyl (C=O) groups excluding carboxylic acids is 1. The molecule has 3 nitrogen and oxygen atoms in total. The molecule has 1 aromatic heterocycles. The van der Waals surface area contributed by atoms with Gasteiger partial charge in [0, 0.05) is 12.1 Å². The molecule has 0 bridgehead atoms. The molecule has 3 heteroatoms. The largest absolute Gasteiger partial charge is 0.390 e. The lowest BCUT2D eigenvalue weighted by Crippen LogP contribution is -1.98. The minimum atomic E-state index is -0.0477. The molecule has 0 amide bonds. The second-order valence-electron chi connectivity index (χ2n) is 2.98. The molecule has 0 atom stereocenters. The van der Waals surface area contributed by atoms with Crippen molar-refractivity contribution in [2.24, 2.45) is 0 Å². The standard InChI is InChI=1S/C10H13NO2/c1-8(13)5-6-9-3-2-4-10(7-12)11-9/h2-4,12H,5-7H2,1H3. The quantitative estimate of drug-likeness (QED) is 0.752. The fraction of sp³-hybridized carbons (Fsp3) is 0.400. The second kappa shape index (κ2) is 4.72. The van der Waals surface area contributed by atoms with Crippen molar-refractivity contribution >= 4 is 5.78 Å². The highest BCUT2D eigenvalue weighted by atomic mass is 16.3. The van der Waals surface area contributed by atoms with Gasteiger partial charge in [0.05, 0.1) is 12.3 Å². The molecular weight excluding hydrogens is 166 g/mol. The van der Waals surface area contributed by atoms with Crippen molar-refractivity contribution in [1.29, 1.82) is 0 Å². The zero-order chi connectivity index (χ0) is 9.68. The molecule has 13 heavy (non-hydrogen) atoms. The van der Waals surface area contributed by atoms with Crippen LogP contribution in [0.4, 0.5) is 0 Å². The number of pyridine rings is 1. The Morgan fingerprint density at radius 2 is 2.15 bits per heavy atom. The van der Waals surface area contributed by atoms with Crippen molar-refractivity contribution in [2.45, 2.75) is 26.4 Å². The van der Waals surface area contributed by atoms with Crippen LogP contribution in [0.3, 0.4) is 0 Å². The van der Waals surface area contributed by atoms with Gasteiger partial charge < -0.3 is 9.90 Å². The Bertz CT molecular complexity index is 297. The molecule has 0 saturated carbocycles. The molecule has 0 fully saturated rings. The molecule has 0 radical (unpaired) electrons. The number of rotatable bonds is 4. The fourth-order valence-corrected chi connectivity index (χ4v) is 1.06. The number of hydrogen-bond acceptors (Lipinski definition) is 3. The van der Waals surface area contributed by atoms with Crippen molar-refractivity contribution in [3.8, 4) is 0 Å². The number of carbonyl (C=O) groups is 1. The molecule has 1 heterocycles.